The number of rotatable bonds is 5. The van der Waals surface area contributed by atoms with Crippen LogP contribution in [0, 0.1) is 0 Å². The van der Waals surface area contributed by atoms with Crippen LogP contribution in [0.2, 0.25) is 0 Å². The van der Waals surface area contributed by atoms with Crippen LogP contribution in [0.1, 0.15) is 23.3 Å². The molecular weight excluding hydrogens is 324 g/mol. The van der Waals surface area contributed by atoms with Gasteiger partial charge in [0, 0.05) is 5.25 Å². The summed E-state index contributed by atoms with van der Waals surface area (Å²) in [7, 11) is 0. The molecule has 3 aromatic carbocycles. The smallest absolute Gasteiger partial charge is 0.169 e. The van der Waals surface area contributed by atoms with Crippen molar-refractivity contribution in [3.8, 4) is 0 Å². The Labute approximate surface area is 152 Å². The van der Waals surface area contributed by atoms with E-state index in [2.05, 4.69) is 96.4 Å². The molecule has 0 saturated carbocycles. The van der Waals surface area contributed by atoms with Gasteiger partial charge >= 0.3 is 0 Å². The van der Waals surface area contributed by atoms with E-state index in [0.29, 0.717) is 5.25 Å². The van der Waals surface area contributed by atoms with E-state index < -0.39 is 0 Å². The van der Waals surface area contributed by atoms with Crippen LogP contribution in [-0.2, 0) is 6.54 Å². The first-order valence-corrected chi connectivity index (χ1v) is 9.40. The molecule has 0 aliphatic heterocycles. The summed E-state index contributed by atoms with van der Waals surface area (Å²) in [6.45, 7) is 3.08. The van der Waals surface area contributed by atoms with Gasteiger partial charge in [-0.1, -0.05) is 84.6 Å². The molecule has 1 atom stereocenters. The number of hydrogen-bond donors (Lipinski definition) is 0. The van der Waals surface area contributed by atoms with Gasteiger partial charge in [0.15, 0.2) is 5.16 Å². The van der Waals surface area contributed by atoms with Crippen molar-refractivity contribution < 1.29 is 0 Å². The first-order valence-electron chi connectivity index (χ1n) is 8.52. The van der Waals surface area contributed by atoms with Crippen molar-refractivity contribution in [2.24, 2.45) is 0 Å². The molecule has 3 heteroatoms. The lowest BCUT2D eigenvalue weighted by Gasteiger charge is -2.13. The van der Waals surface area contributed by atoms with Gasteiger partial charge in [-0.05, 0) is 30.2 Å². The topological polar surface area (TPSA) is 17.8 Å². The van der Waals surface area contributed by atoms with Crippen molar-refractivity contribution in [2.45, 2.75) is 23.9 Å². The van der Waals surface area contributed by atoms with Gasteiger partial charge in [-0.25, -0.2) is 4.98 Å². The molecular formula is C22H20N2S. The molecule has 124 valence electrons. The Balaban J connectivity index is 1.71. The van der Waals surface area contributed by atoms with Crippen molar-refractivity contribution in [2.75, 3.05) is 0 Å². The minimum atomic E-state index is 0.354. The lowest BCUT2D eigenvalue weighted by atomic mass is 10.2. The third-order valence-corrected chi connectivity index (χ3v) is 5.50. The average molecular weight is 344 g/mol. The summed E-state index contributed by atoms with van der Waals surface area (Å²) in [4.78, 5) is 4.90. The molecule has 0 aliphatic carbocycles. The van der Waals surface area contributed by atoms with Gasteiger partial charge in [0.25, 0.3) is 0 Å². The van der Waals surface area contributed by atoms with Crippen LogP contribution in [0.25, 0.3) is 11.0 Å². The Bertz CT molecular complexity index is 961. The van der Waals surface area contributed by atoms with Crippen LogP contribution in [-0.4, -0.2) is 9.55 Å². The summed E-state index contributed by atoms with van der Waals surface area (Å²) >= 11 is 1.82. The summed E-state index contributed by atoms with van der Waals surface area (Å²) < 4.78 is 2.33. The molecule has 0 fully saturated rings. The van der Waals surface area contributed by atoms with Crippen molar-refractivity contribution >= 4 is 22.8 Å². The van der Waals surface area contributed by atoms with Crippen LogP contribution < -0.4 is 0 Å². The first kappa shape index (κ1) is 16.0. The van der Waals surface area contributed by atoms with Gasteiger partial charge in [0.05, 0.1) is 17.6 Å². The van der Waals surface area contributed by atoms with Crippen LogP contribution in [0.4, 0.5) is 0 Å². The third kappa shape index (κ3) is 3.47. The van der Waals surface area contributed by atoms with E-state index >= 15 is 0 Å². The Hall–Kier alpha value is -2.52. The maximum Gasteiger partial charge on any atom is 0.169 e. The molecule has 0 unspecified atom stereocenters. The number of imidazole rings is 1. The molecule has 0 amide bonds. The summed E-state index contributed by atoms with van der Waals surface area (Å²) in [6, 6.07) is 29.6. The number of benzene rings is 3. The Kier molecular flexibility index (Phi) is 4.57. The summed E-state index contributed by atoms with van der Waals surface area (Å²) in [5, 5.41) is 1.42. The Morgan fingerprint density at radius 1 is 0.840 bits per heavy atom. The van der Waals surface area contributed by atoms with Crippen LogP contribution >= 0.6 is 11.8 Å². The fraction of sp³-hybridized carbons (Fsp3) is 0.136. The fourth-order valence-electron chi connectivity index (χ4n) is 3.01. The molecule has 0 radical (unpaired) electrons. The van der Waals surface area contributed by atoms with E-state index in [4.69, 9.17) is 4.98 Å². The Morgan fingerprint density at radius 2 is 1.48 bits per heavy atom. The SMILES string of the molecule is C[C@@H](Sc1nc2ccccc2n1Cc1ccccc1)c1ccccc1. The minimum Gasteiger partial charge on any atom is -0.314 e. The lowest BCUT2D eigenvalue weighted by molar-refractivity contribution is 0.729. The second-order valence-corrected chi connectivity index (χ2v) is 7.43. The molecule has 25 heavy (non-hydrogen) atoms. The fourth-order valence-corrected chi connectivity index (χ4v) is 4.06. The number of hydrogen-bond acceptors (Lipinski definition) is 2. The molecule has 0 N–H and O–H groups in total. The van der Waals surface area contributed by atoms with E-state index in [9.17, 15) is 0 Å². The highest BCUT2D eigenvalue weighted by molar-refractivity contribution is 7.99. The number of nitrogens with zero attached hydrogens (tertiary/aromatic N) is 2. The van der Waals surface area contributed by atoms with Crippen molar-refractivity contribution in [1.29, 1.82) is 0 Å². The van der Waals surface area contributed by atoms with E-state index in [-0.39, 0.29) is 0 Å². The lowest BCUT2D eigenvalue weighted by Crippen LogP contribution is -2.02. The zero-order chi connectivity index (χ0) is 17.1. The summed E-state index contributed by atoms with van der Waals surface area (Å²) in [5.41, 5.74) is 4.86. The highest BCUT2D eigenvalue weighted by atomic mass is 32.2. The van der Waals surface area contributed by atoms with Gasteiger partial charge in [-0.15, -0.1) is 0 Å². The van der Waals surface area contributed by atoms with E-state index in [1.54, 1.807) is 0 Å². The van der Waals surface area contributed by atoms with Gasteiger partial charge in [-0.3, -0.25) is 0 Å². The predicted molar refractivity (Wildman–Crippen MR) is 106 cm³/mol. The molecule has 4 rings (SSSR count). The first-order chi connectivity index (χ1) is 12.3. The van der Waals surface area contributed by atoms with Gasteiger partial charge in [-0.2, -0.15) is 0 Å². The Morgan fingerprint density at radius 3 is 2.24 bits per heavy atom. The number of fused-ring (bicyclic) bond motifs is 1. The monoisotopic (exact) mass is 344 g/mol. The minimum absolute atomic E-state index is 0.354. The predicted octanol–water partition coefficient (Wildman–Crippen LogP) is 5.94. The average Bonchev–Trinajstić information content (AvgIpc) is 3.00. The molecule has 4 aromatic rings. The maximum atomic E-state index is 4.90. The van der Waals surface area contributed by atoms with Crippen molar-refractivity contribution in [1.82, 2.24) is 9.55 Å². The zero-order valence-electron chi connectivity index (χ0n) is 14.2. The highest BCUT2D eigenvalue weighted by Crippen LogP contribution is 2.36. The van der Waals surface area contributed by atoms with Crippen molar-refractivity contribution in [3.05, 3.63) is 96.1 Å². The molecule has 2 nitrogen and oxygen atoms in total. The molecule has 0 saturated heterocycles. The standard InChI is InChI=1S/C22H20N2S/c1-17(19-12-6-3-7-13-19)25-22-23-20-14-8-9-15-21(20)24(22)16-18-10-4-2-5-11-18/h2-15,17H,16H2,1H3/t17-/m1/s1. The second kappa shape index (κ2) is 7.16. The van der Waals surface area contributed by atoms with Crippen LogP contribution in [0.15, 0.2) is 90.1 Å². The summed E-state index contributed by atoms with van der Waals surface area (Å²) in [5.74, 6) is 0. The van der Waals surface area contributed by atoms with E-state index in [1.807, 2.05) is 11.8 Å². The van der Waals surface area contributed by atoms with E-state index in [0.717, 1.165) is 17.2 Å². The third-order valence-electron chi connectivity index (χ3n) is 4.35. The number of para-hydroxylation sites is 2. The zero-order valence-corrected chi connectivity index (χ0v) is 15.0. The molecule has 1 aromatic heterocycles. The molecule has 1 heterocycles. The number of aromatic nitrogens is 2. The van der Waals surface area contributed by atoms with Gasteiger partial charge in [0.1, 0.15) is 0 Å². The summed E-state index contributed by atoms with van der Waals surface area (Å²) in [6.07, 6.45) is 0. The maximum absolute atomic E-state index is 4.90. The molecule has 0 bridgehead atoms. The van der Waals surface area contributed by atoms with Crippen LogP contribution in [0.5, 0.6) is 0 Å². The number of thioether (sulfide) groups is 1. The van der Waals surface area contributed by atoms with Gasteiger partial charge in [0.2, 0.25) is 0 Å². The molecule has 0 spiro atoms. The molecule has 0 aliphatic rings. The van der Waals surface area contributed by atoms with Crippen molar-refractivity contribution in [3.63, 3.8) is 0 Å². The largest absolute Gasteiger partial charge is 0.314 e. The van der Waals surface area contributed by atoms with Gasteiger partial charge < -0.3 is 4.57 Å². The van der Waals surface area contributed by atoms with E-state index in [1.165, 1.54) is 16.6 Å². The quantitative estimate of drug-likeness (QED) is 0.417. The highest BCUT2D eigenvalue weighted by Gasteiger charge is 2.15. The van der Waals surface area contributed by atoms with Crippen LogP contribution in [0.3, 0.4) is 0 Å². The second-order valence-electron chi connectivity index (χ2n) is 6.13. The normalized spacial score (nSPS) is 12.4.